The second kappa shape index (κ2) is 9.04. The number of nitrogens with zero attached hydrogens (tertiary/aromatic N) is 1. The highest BCUT2D eigenvalue weighted by Crippen LogP contribution is 2.26. The average molecular weight is 362 g/mol. The third-order valence-electron chi connectivity index (χ3n) is 4.86. The Hall–Kier alpha value is -3.07. The lowest BCUT2D eigenvalue weighted by molar-refractivity contribution is 0.596. The van der Waals surface area contributed by atoms with Gasteiger partial charge in [0, 0.05) is 2.85 Å². The van der Waals surface area contributed by atoms with Crippen molar-refractivity contribution in [1.82, 2.24) is 10.6 Å². The van der Waals surface area contributed by atoms with Gasteiger partial charge in [0.25, 0.3) is 0 Å². The van der Waals surface area contributed by atoms with E-state index in [0.717, 1.165) is 5.96 Å². The molecule has 3 nitrogen and oxygen atoms in total. The molecule has 0 aliphatic carbocycles. The summed E-state index contributed by atoms with van der Waals surface area (Å²) in [6.07, 6.45) is 8.02. The van der Waals surface area contributed by atoms with Gasteiger partial charge >= 0.3 is 0 Å². The van der Waals surface area contributed by atoms with Crippen LogP contribution in [0.15, 0.2) is 96.0 Å². The van der Waals surface area contributed by atoms with Crippen molar-refractivity contribution in [3.8, 4) is 0 Å². The van der Waals surface area contributed by atoms with Crippen LogP contribution < -0.4 is 10.6 Å². The molecule has 3 rings (SSSR count). The maximum Gasteiger partial charge on any atom is 0.192 e. The summed E-state index contributed by atoms with van der Waals surface area (Å²) in [5.41, 5.74) is 4.95. The first kappa shape index (κ1) is 18.7. The Balaban J connectivity index is 0.00000210. The summed E-state index contributed by atoms with van der Waals surface area (Å²) < 4.78 is 0. The van der Waals surface area contributed by atoms with Crippen LogP contribution in [0, 0.1) is 6.92 Å². The summed E-state index contributed by atoms with van der Waals surface area (Å²) in [6.45, 7) is 8.63. The molecule has 1 heterocycles. The fraction of sp³-hybridized carbons (Fsp3) is 0.208. The molecule has 3 heteroatoms. The topological polar surface area (TPSA) is 36.4 Å². The van der Waals surface area contributed by atoms with Crippen LogP contribution in [0.3, 0.4) is 0 Å². The van der Waals surface area contributed by atoms with Crippen molar-refractivity contribution in [1.29, 1.82) is 0 Å². The monoisotopic (exact) mass is 361 g/mol. The predicted molar refractivity (Wildman–Crippen MR) is 119 cm³/mol. The highest BCUT2D eigenvalue weighted by Gasteiger charge is 2.32. The van der Waals surface area contributed by atoms with E-state index < -0.39 is 0 Å². The molecule has 2 N–H and O–H groups in total. The number of aliphatic imine (C=N–C) groups is 1. The van der Waals surface area contributed by atoms with E-state index in [4.69, 9.17) is 4.99 Å². The Kier molecular flexibility index (Phi) is 6.26. The minimum atomic E-state index is 0. The summed E-state index contributed by atoms with van der Waals surface area (Å²) in [7, 11) is 0. The fourth-order valence-electron chi connectivity index (χ4n) is 3.32. The molecule has 0 saturated carbocycles. The summed E-state index contributed by atoms with van der Waals surface area (Å²) >= 11 is 0. The Morgan fingerprint density at radius 3 is 2.56 bits per heavy atom. The Bertz CT molecular complexity index is 873. The molecule has 0 unspecified atom stereocenters. The van der Waals surface area contributed by atoms with Crippen molar-refractivity contribution < 1.29 is 2.85 Å². The van der Waals surface area contributed by atoms with E-state index >= 15 is 0 Å². The van der Waals surface area contributed by atoms with Crippen molar-refractivity contribution in [3.63, 3.8) is 0 Å². The van der Waals surface area contributed by atoms with Crippen LogP contribution in [-0.2, 0) is 6.54 Å². The second-order valence-corrected chi connectivity index (χ2v) is 6.63. The lowest BCUT2D eigenvalue weighted by Crippen LogP contribution is -2.30. The van der Waals surface area contributed by atoms with E-state index in [1.165, 1.54) is 22.3 Å². The summed E-state index contributed by atoms with van der Waals surface area (Å²) in [4.78, 5) is 4.80. The predicted octanol–water partition coefficient (Wildman–Crippen LogP) is 5.33. The largest absolute Gasteiger partial charge is 0.347 e. The van der Waals surface area contributed by atoms with E-state index in [-0.39, 0.29) is 14.9 Å². The lowest BCUT2D eigenvalue weighted by Gasteiger charge is -2.20. The number of nitrogens with one attached hydrogen (secondary N) is 2. The van der Waals surface area contributed by atoms with E-state index in [1.54, 1.807) is 6.08 Å². The molecule has 2 atom stereocenters. The van der Waals surface area contributed by atoms with Gasteiger partial charge in [-0.05, 0) is 36.1 Å². The van der Waals surface area contributed by atoms with Crippen LogP contribution in [0.4, 0.5) is 0 Å². The molecule has 2 aromatic rings. The van der Waals surface area contributed by atoms with Gasteiger partial charge in [0.15, 0.2) is 5.96 Å². The number of aryl methyl sites for hydroxylation is 1. The molecule has 2 aromatic carbocycles. The highest BCUT2D eigenvalue weighted by molar-refractivity contribution is 5.84. The van der Waals surface area contributed by atoms with Gasteiger partial charge in [0.1, 0.15) is 0 Å². The standard InChI is InChI=1S/C24H27N3.2H2/c1-4-6-13-19(5-2)22-23(20-14-8-7-9-15-20)27-24(26-22)25-17-21-16-11-10-12-18(21)3;;/h4-16,22-23H,1,17H2,2-3H3,(H2,25,26,27);2*1H/b13-6-,19-5+;;/t22-,23+;;/m1../s1. The molecule has 1 saturated heterocycles. The minimum Gasteiger partial charge on any atom is -0.347 e. The number of hydrogen-bond donors (Lipinski definition) is 2. The SMILES string of the molecule is C=C/C=C\C(=C/C)[C@H]1NC(=NCc2ccccc2C)N[C@H]1c1ccccc1.[HH].[HH]. The summed E-state index contributed by atoms with van der Waals surface area (Å²) in [6, 6.07) is 19.1. The van der Waals surface area contributed by atoms with Gasteiger partial charge in [-0.15, -0.1) is 0 Å². The maximum absolute atomic E-state index is 4.80. The molecular weight excluding hydrogens is 330 g/mol. The Morgan fingerprint density at radius 1 is 1.11 bits per heavy atom. The molecule has 27 heavy (non-hydrogen) atoms. The fourth-order valence-corrected chi connectivity index (χ4v) is 3.32. The molecule has 1 aliphatic heterocycles. The third-order valence-corrected chi connectivity index (χ3v) is 4.86. The van der Waals surface area contributed by atoms with Crippen molar-refractivity contribution >= 4 is 5.96 Å². The van der Waals surface area contributed by atoms with Gasteiger partial charge in [-0.1, -0.05) is 85.5 Å². The Morgan fingerprint density at radius 2 is 1.85 bits per heavy atom. The van der Waals surface area contributed by atoms with Gasteiger partial charge in [0.2, 0.25) is 0 Å². The smallest absolute Gasteiger partial charge is 0.192 e. The molecule has 1 aliphatic rings. The molecular formula is C24H31N3. The number of benzene rings is 2. The highest BCUT2D eigenvalue weighted by atomic mass is 15.3. The maximum atomic E-state index is 4.80. The quantitative estimate of drug-likeness (QED) is 0.682. The van der Waals surface area contributed by atoms with E-state index in [0.29, 0.717) is 6.54 Å². The zero-order chi connectivity index (χ0) is 19.1. The van der Waals surface area contributed by atoms with Gasteiger partial charge in [-0.3, -0.25) is 0 Å². The number of hydrogen-bond acceptors (Lipinski definition) is 1. The van der Waals surface area contributed by atoms with Gasteiger partial charge in [-0.25, -0.2) is 4.99 Å². The average Bonchev–Trinajstić information content (AvgIpc) is 3.13. The number of rotatable bonds is 6. The molecule has 142 valence electrons. The van der Waals surface area contributed by atoms with Crippen LogP contribution in [0.25, 0.3) is 0 Å². The molecule has 0 radical (unpaired) electrons. The molecule has 0 spiro atoms. The van der Waals surface area contributed by atoms with Crippen LogP contribution in [-0.4, -0.2) is 12.0 Å². The molecule has 0 amide bonds. The summed E-state index contributed by atoms with van der Waals surface area (Å²) in [5.74, 6) is 0.837. The first-order valence-corrected chi connectivity index (χ1v) is 9.35. The summed E-state index contributed by atoms with van der Waals surface area (Å²) in [5, 5.41) is 7.15. The minimum absolute atomic E-state index is 0. The zero-order valence-electron chi connectivity index (χ0n) is 16.0. The molecule has 0 bridgehead atoms. The van der Waals surface area contributed by atoms with Gasteiger partial charge < -0.3 is 10.6 Å². The lowest BCUT2D eigenvalue weighted by atomic mass is 9.94. The van der Waals surface area contributed by atoms with E-state index in [2.05, 4.69) is 91.7 Å². The molecule has 0 aromatic heterocycles. The van der Waals surface area contributed by atoms with Crippen LogP contribution in [0.1, 0.15) is 32.5 Å². The van der Waals surface area contributed by atoms with Crippen molar-refractivity contribution in [2.75, 3.05) is 0 Å². The van der Waals surface area contributed by atoms with E-state index in [9.17, 15) is 0 Å². The second-order valence-electron chi connectivity index (χ2n) is 6.63. The normalized spacial score (nSPS) is 21.3. The van der Waals surface area contributed by atoms with Crippen LogP contribution in [0.5, 0.6) is 0 Å². The Labute approximate surface area is 165 Å². The zero-order valence-corrected chi connectivity index (χ0v) is 16.0. The third kappa shape index (κ3) is 4.56. The number of allylic oxidation sites excluding steroid dienone is 3. The van der Waals surface area contributed by atoms with E-state index in [1.807, 2.05) is 12.1 Å². The van der Waals surface area contributed by atoms with Gasteiger partial charge in [0.05, 0.1) is 18.6 Å². The molecule has 1 fully saturated rings. The first-order chi connectivity index (χ1) is 13.2. The van der Waals surface area contributed by atoms with Crippen molar-refractivity contribution in [2.24, 2.45) is 4.99 Å². The number of guanidine groups is 1. The van der Waals surface area contributed by atoms with Crippen molar-refractivity contribution in [3.05, 3.63) is 108 Å². The van der Waals surface area contributed by atoms with Gasteiger partial charge in [-0.2, -0.15) is 0 Å². The first-order valence-electron chi connectivity index (χ1n) is 9.35. The van der Waals surface area contributed by atoms with Crippen LogP contribution >= 0.6 is 0 Å². The van der Waals surface area contributed by atoms with Crippen molar-refractivity contribution in [2.45, 2.75) is 32.5 Å². The van der Waals surface area contributed by atoms with Crippen LogP contribution in [0.2, 0.25) is 0 Å².